The molecule has 1 aromatic heterocycles. The van der Waals surface area contributed by atoms with Gasteiger partial charge in [0.25, 0.3) is 0 Å². The van der Waals surface area contributed by atoms with Crippen molar-refractivity contribution in [3.8, 4) is 0 Å². The number of aliphatic hydroxyl groups is 2. The summed E-state index contributed by atoms with van der Waals surface area (Å²) in [5.74, 6) is -1.78. The Kier molecular flexibility index (Phi) is 3.56. The average Bonchev–Trinajstić information content (AvgIpc) is 3.26. The van der Waals surface area contributed by atoms with Gasteiger partial charge in [0.1, 0.15) is 6.10 Å². The van der Waals surface area contributed by atoms with E-state index in [0.717, 1.165) is 5.56 Å². The molecule has 146 valence electrons. The Morgan fingerprint density at radius 1 is 1.22 bits per heavy atom. The Morgan fingerprint density at radius 3 is 2.78 bits per heavy atom. The molecule has 2 aliphatic carbocycles. The van der Waals surface area contributed by atoms with Crippen molar-refractivity contribution in [2.75, 3.05) is 6.61 Å². The molecule has 2 N–H and O–H groups in total. The standard InChI is InChI=1S/C20H24O7/c1-19-7-13(10-3-5-25-8-10)27-17(23)11(19)2-4-20-9-26-18(24)15(20)16(22)12(21)6-14(19)20/h3,5,8,11-16,21-22H,2,4,6-7,9H2,1H3/t11-,12-,13+,14+,15-,16-,19-,20-/m0/s1. The molecule has 2 aliphatic heterocycles. The molecule has 2 saturated carbocycles. The number of rotatable bonds is 1. The predicted molar refractivity (Wildman–Crippen MR) is 90.0 cm³/mol. The van der Waals surface area contributed by atoms with E-state index in [2.05, 4.69) is 6.92 Å². The van der Waals surface area contributed by atoms with Gasteiger partial charge in [-0.2, -0.15) is 0 Å². The number of aliphatic hydroxyl groups excluding tert-OH is 2. The zero-order valence-electron chi connectivity index (χ0n) is 15.2. The third kappa shape index (κ3) is 2.15. The van der Waals surface area contributed by atoms with Gasteiger partial charge in [0, 0.05) is 11.0 Å². The van der Waals surface area contributed by atoms with E-state index >= 15 is 0 Å². The first-order chi connectivity index (χ1) is 12.9. The highest BCUT2D eigenvalue weighted by atomic mass is 16.6. The maximum absolute atomic E-state index is 12.9. The van der Waals surface area contributed by atoms with E-state index in [1.807, 2.05) is 0 Å². The molecule has 0 radical (unpaired) electrons. The second-order valence-electron chi connectivity index (χ2n) is 8.95. The Labute approximate surface area is 156 Å². The Morgan fingerprint density at radius 2 is 2.04 bits per heavy atom. The fraction of sp³-hybridized carbons (Fsp3) is 0.700. The molecule has 0 amide bonds. The molecule has 27 heavy (non-hydrogen) atoms. The summed E-state index contributed by atoms with van der Waals surface area (Å²) < 4.78 is 16.3. The minimum atomic E-state index is -1.11. The zero-order chi connectivity index (χ0) is 19.0. The first-order valence-corrected chi connectivity index (χ1v) is 9.62. The predicted octanol–water partition coefficient (Wildman–Crippen LogP) is 1.58. The molecule has 4 aliphatic rings. The molecule has 5 rings (SSSR count). The molecule has 8 atom stereocenters. The highest BCUT2D eigenvalue weighted by molar-refractivity contribution is 5.78. The fourth-order valence-corrected chi connectivity index (χ4v) is 6.55. The number of cyclic esters (lactones) is 2. The van der Waals surface area contributed by atoms with Crippen LogP contribution in [0.4, 0.5) is 0 Å². The number of fused-ring (bicyclic) bond motifs is 2. The van der Waals surface area contributed by atoms with Gasteiger partial charge in [-0.3, -0.25) is 9.59 Å². The van der Waals surface area contributed by atoms with Crippen LogP contribution >= 0.6 is 0 Å². The molecule has 7 nitrogen and oxygen atoms in total. The number of furan rings is 1. The van der Waals surface area contributed by atoms with Crippen molar-refractivity contribution in [1.82, 2.24) is 0 Å². The normalized spacial score (nSPS) is 48.9. The number of ether oxygens (including phenoxy) is 2. The fourth-order valence-electron chi connectivity index (χ4n) is 6.55. The summed E-state index contributed by atoms with van der Waals surface area (Å²) in [6.45, 7) is 2.32. The van der Waals surface area contributed by atoms with E-state index in [9.17, 15) is 19.8 Å². The molecule has 2 saturated heterocycles. The van der Waals surface area contributed by atoms with E-state index in [-0.39, 0.29) is 24.4 Å². The van der Waals surface area contributed by atoms with Crippen LogP contribution in [0.1, 0.15) is 44.3 Å². The molecule has 0 aromatic carbocycles. The number of hydrogen-bond donors (Lipinski definition) is 2. The van der Waals surface area contributed by atoms with E-state index in [0.29, 0.717) is 25.7 Å². The molecule has 1 spiro atoms. The van der Waals surface area contributed by atoms with Crippen molar-refractivity contribution in [3.05, 3.63) is 24.2 Å². The summed E-state index contributed by atoms with van der Waals surface area (Å²) in [6, 6.07) is 1.80. The lowest BCUT2D eigenvalue weighted by Crippen LogP contribution is -2.64. The van der Waals surface area contributed by atoms with Gasteiger partial charge in [-0.25, -0.2) is 0 Å². The van der Waals surface area contributed by atoms with Crippen LogP contribution in [0, 0.1) is 28.6 Å². The van der Waals surface area contributed by atoms with Crippen LogP contribution in [0.2, 0.25) is 0 Å². The van der Waals surface area contributed by atoms with Gasteiger partial charge in [0.15, 0.2) is 0 Å². The molecule has 3 heterocycles. The lowest BCUT2D eigenvalue weighted by molar-refractivity contribution is -0.218. The molecular weight excluding hydrogens is 352 g/mol. The summed E-state index contributed by atoms with van der Waals surface area (Å²) in [5, 5.41) is 21.0. The van der Waals surface area contributed by atoms with Crippen molar-refractivity contribution in [2.24, 2.45) is 28.6 Å². The average molecular weight is 376 g/mol. The van der Waals surface area contributed by atoms with Crippen LogP contribution in [0.15, 0.2) is 23.0 Å². The minimum Gasteiger partial charge on any atom is -0.472 e. The number of carbonyl (C=O) groups is 2. The first-order valence-electron chi connectivity index (χ1n) is 9.62. The third-order valence-corrected chi connectivity index (χ3v) is 7.84. The van der Waals surface area contributed by atoms with Gasteiger partial charge in [0.2, 0.25) is 0 Å². The van der Waals surface area contributed by atoms with Crippen LogP contribution in [0.25, 0.3) is 0 Å². The monoisotopic (exact) mass is 376 g/mol. The van der Waals surface area contributed by atoms with Crippen LogP contribution in [-0.2, 0) is 19.1 Å². The Bertz CT molecular complexity index is 773. The highest BCUT2D eigenvalue weighted by Crippen LogP contribution is 2.67. The van der Waals surface area contributed by atoms with Crippen LogP contribution in [0.5, 0.6) is 0 Å². The van der Waals surface area contributed by atoms with Crippen LogP contribution < -0.4 is 0 Å². The first kappa shape index (κ1) is 17.3. The van der Waals surface area contributed by atoms with Gasteiger partial charge >= 0.3 is 11.9 Å². The quantitative estimate of drug-likeness (QED) is 0.717. The lowest BCUT2D eigenvalue weighted by atomic mass is 9.43. The summed E-state index contributed by atoms with van der Waals surface area (Å²) in [7, 11) is 0. The Balaban J connectivity index is 1.58. The number of hydrogen-bond acceptors (Lipinski definition) is 7. The molecule has 0 bridgehead atoms. The molecule has 7 heteroatoms. The highest BCUT2D eigenvalue weighted by Gasteiger charge is 2.70. The van der Waals surface area contributed by atoms with Gasteiger partial charge in [0.05, 0.1) is 43.2 Å². The SMILES string of the molecule is C[C@]12C[C@H](c3ccoc3)OC(=O)[C@@H]1CC[C@@]13COC(=O)[C@@H]1[C@@H](O)[C@@H](O)C[C@H]23. The number of esters is 2. The largest absolute Gasteiger partial charge is 0.472 e. The van der Waals surface area contributed by atoms with Gasteiger partial charge in [-0.05, 0) is 43.1 Å². The summed E-state index contributed by atoms with van der Waals surface area (Å²) >= 11 is 0. The minimum absolute atomic E-state index is 0.110. The van der Waals surface area contributed by atoms with Crippen LogP contribution in [0.3, 0.4) is 0 Å². The van der Waals surface area contributed by atoms with Gasteiger partial charge < -0.3 is 24.1 Å². The van der Waals surface area contributed by atoms with E-state index in [1.165, 1.54) is 0 Å². The molecule has 1 aromatic rings. The molecular formula is C20H24O7. The van der Waals surface area contributed by atoms with E-state index < -0.39 is 41.0 Å². The van der Waals surface area contributed by atoms with Crippen molar-refractivity contribution < 1.29 is 33.7 Å². The third-order valence-electron chi connectivity index (χ3n) is 7.84. The zero-order valence-corrected chi connectivity index (χ0v) is 15.2. The van der Waals surface area contributed by atoms with Crippen molar-refractivity contribution >= 4 is 11.9 Å². The smallest absolute Gasteiger partial charge is 0.312 e. The van der Waals surface area contributed by atoms with Gasteiger partial charge in [-0.1, -0.05) is 6.92 Å². The lowest BCUT2D eigenvalue weighted by Gasteiger charge is -2.61. The van der Waals surface area contributed by atoms with Crippen molar-refractivity contribution in [3.63, 3.8) is 0 Å². The topological polar surface area (TPSA) is 106 Å². The summed E-state index contributed by atoms with van der Waals surface area (Å²) in [5.41, 5.74) is -0.170. The maximum atomic E-state index is 12.9. The summed E-state index contributed by atoms with van der Waals surface area (Å²) in [6.07, 6.45) is 2.78. The van der Waals surface area contributed by atoms with Crippen molar-refractivity contribution in [1.29, 1.82) is 0 Å². The summed E-state index contributed by atoms with van der Waals surface area (Å²) in [4.78, 5) is 25.2. The van der Waals surface area contributed by atoms with E-state index in [4.69, 9.17) is 13.9 Å². The second kappa shape index (κ2) is 5.58. The molecule has 4 fully saturated rings. The maximum Gasteiger partial charge on any atom is 0.312 e. The van der Waals surface area contributed by atoms with Crippen molar-refractivity contribution in [2.45, 2.75) is 50.9 Å². The van der Waals surface area contributed by atoms with Crippen LogP contribution in [-0.4, -0.2) is 41.0 Å². The van der Waals surface area contributed by atoms with Gasteiger partial charge in [-0.15, -0.1) is 0 Å². The van der Waals surface area contributed by atoms with E-state index in [1.54, 1.807) is 18.6 Å². The second-order valence-corrected chi connectivity index (χ2v) is 8.95. The Hall–Kier alpha value is -1.86. The number of carbonyl (C=O) groups excluding carboxylic acids is 2. The molecule has 0 unspecified atom stereocenters.